The second kappa shape index (κ2) is 2.04. The fourth-order valence-corrected chi connectivity index (χ4v) is 0.656. The van der Waals surface area contributed by atoms with Crippen LogP contribution in [-0.4, -0.2) is 30.6 Å². The fraction of sp³-hybridized carbons (Fsp3) is 0. The number of nitrogens with one attached hydrogen (secondary N) is 1. The number of rotatable bonds is 0. The maximum atomic E-state index is 10.6. The van der Waals surface area contributed by atoms with Crippen LogP contribution in [0.4, 0.5) is 0 Å². The second-order valence-corrected chi connectivity index (χ2v) is 1.80. The van der Waals surface area contributed by atoms with E-state index in [4.69, 9.17) is 0 Å². The molecule has 0 aromatic carbocycles. The molecule has 54 valence electrons. The smallest absolute Gasteiger partial charge is 0.268 e. The topological polar surface area (TPSA) is 97.3 Å². The normalized spacial score (nSPS) is 10.2. The Balaban J connectivity index is 2.94. The Morgan fingerprint density at radius 2 is 2.09 bits per heavy atom. The first-order chi connectivity index (χ1) is 5.36. The van der Waals surface area contributed by atoms with Crippen molar-refractivity contribution in [2.45, 2.75) is 0 Å². The highest BCUT2D eigenvalue weighted by Crippen LogP contribution is 1.90. The summed E-state index contributed by atoms with van der Waals surface area (Å²) in [4.78, 5) is 16.7. The van der Waals surface area contributed by atoms with Crippen molar-refractivity contribution in [2.24, 2.45) is 0 Å². The van der Waals surface area contributed by atoms with E-state index in [0.29, 0.717) is 0 Å². The molecule has 2 heterocycles. The molecule has 2 rings (SSSR count). The predicted molar refractivity (Wildman–Crippen MR) is 33.5 cm³/mol. The van der Waals surface area contributed by atoms with Crippen molar-refractivity contribution in [3.05, 3.63) is 16.6 Å². The van der Waals surface area contributed by atoms with E-state index >= 15 is 0 Å². The summed E-state index contributed by atoms with van der Waals surface area (Å²) in [6, 6.07) is 0. The molecule has 0 aliphatic carbocycles. The predicted octanol–water partition coefficient (Wildman–Crippen LogP) is -1.50. The van der Waals surface area contributed by atoms with E-state index in [0.717, 1.165) is 6.20 Å². The minimum Gasteiger partial charge on any atom is -0.301 e. The van der Waals surface area contributed by atoms with Crippen molar-refractivity contribution in [3.8, 4) is 0 Å². The van der Waals surface area contributed by atoms with Gasteiger partial charge in [-0.3, -0.25) is 4.79 Å². The number of nitrogens with zero attached hydrogens (tertiary/aromatic N) is 5. The molecule has 0 aliphatic heterocycles. The van der Waals surface area contributed by atoms with Crippen molar-refractivity contribution in [3.63, 3.8) is 0 Å². The van der Waals surface area contributed by atoms with Gasteiger partial charge in [-0.25, -0.2) is 4.98 Å². The number of H-pyrrole nitrogens is 1. The van der Waals surface area contributed by atoms with E-state index in [2.05, 4.69) is 30.6 Å². The number of hydrogen-bond acceptors (Lipinski definition) is 6. The van der Waals surface area contributed by atoms with Crippen molar-refractivity contribution in [1.29, 1.82) is 0 Å². The molecule has 0 fully saturated rings. The lowest BCUT2D eigenvalue weighted by molar-refractivity contribution is 0.781. The SMILES string of the molecule is O=c1cnc2nnnnc2[nH]1. The summed E-state index contributed by atoms with van der Waals surface area (Å²) in [5, 5.41) is 13.5. The minimum absolute atomic E-state index is 0.243. The van der Waals surface area contributed by atoms with Gasteiger partial charge in [-0.05, 0) is 10.4 Å². The third-order valence-electron chi connectivity index (χ3n) is 1.08. The van der Waals surface area contributed by atoms with Gasteiger partial charge in [0.1, 0.15) is 0 Å². The van der Waals surface area contributed by atoms with Gasteiger partial charge in [0.05, 0.1) is 6.20 Å². The highest BCUT2D eigenvalue weighted by atomic mass is 16.1. The average Bonchev–Trinajstić information content (AvgIpc) is 2.04. The van der Waals surface area contributed by atoms with Gasteiger partial charge in [0.15, 0.2) is 0 Å². The molecule has 0 atom stereocenters. The van der Waals surface area contributed by atoms with Gasteiger partial charge < -0.3 is 4.98 Å². The summed E-state index contributed by atoms with van der Waals surface area (Å²) in [5.41, 5.74) is 0.187. The van der Waals surface area contributed by atoms with Gasteiger partial charge >= 0.3 is 0 Å². The van der Waals surface area contributed by atoms with Gasteiger partial charge in [-0.1, -0.05) is 0 Å². The molecule has 0 saturated carbocycles. The van der Waals surface area contributed by atoms with Crippen LogP contribution in [0.3, 0.4) is 0 Å². The molecule has 2 aromatic rings. The van der Waals surface area contributed by atoms with Gasteiger partial charge in [0.25, 0.3) is 5.56 Å². The van der Waals surface area contributed by atoms with E-state index < -0.39 is 0 Å². The van der Waals surface area contributed by atoms with Crippen LogP contribution < -0.4 is 5.56 Å². The molecular weight excluding hydrogens is 148 g/mol. The molecule has 0 amide bonds. The second-order valence-electron chi connectivity index (χ2n) is 1.80. The van der Waals surface area contributed by atoms with Crippen LogP contribution in [-0.2, 0) is 0 Å². The first-order valence-electron chi connectivity index (χ1n) is 2.77. The maximum Gasteiger partial charge on any atom is 0.268 e. The molecule has 11 heavy (non-hydrogen) atoms. The summed E-state index contributed by atoms with van der Waals surface area (Å²) in [6.07, 6.45) is 1.11. The maximum absolute atomic E-state index is 10.6. The Labute approximate surface area is 59.5 Å². The Kier molecular flexibility index (Phi) is 1.08. The van der Waals surface area contributed by atoms with Crippen LogP contribution in [0.5, 0.6) is 0 Å². The van der Waals surface area contributed by atoms with Crippen LogP contribution in [0.15, 0.2) is 11.0 Å². The summed E-state index contributed by atoms with van der Waals surface area (Å²) in [7, 11) is 0. The third kappa shape index (κ3) is 0.914. The molecule has 0 unspecified atom stereocenters. The van der Waals surface area contributed by atoms with Crippen LogP contribution in [0.25, 0.3) is 11.3 Å². The molecule has 7 nitrogen and oxygen atoms in total. The van der Waals surface area contributed by atoms with Crippen LogP contribution in [0, 0.1) is 0 Å². The van der Waals surface area contributed by atoms with Crippen molar-refractivity contribution < 1.29 is 0 Å². The van der Waals surface area contributed by atoms with E-state index in [1.165, 1.54) is 0 Å². The zero-order valence-corrected chi connectivity index (χ0v) is 5.22. The molecule has 0 radical (unpaired) electrons. The highest BCUT2D eigenvalue weighted by molar-refractivity contribution is 5.60. The zero-order chi connectivity index (χ0) is 7.68. The lowest BCUT2D eigenvalue weighted by Gasteiger charge is -1.87. The quantitative estimate of drug-likeness (QED) is 0.491. The van der Waals surface area contributed by atoms with Crippen molar-refractivity contribution in [1.82, 2.24) is 30.6 Å². The van der Waals surface area contributed by atoms with E-state index in [-0.39, 0.29) is 16.9 Å². The van der Waals surface area contributed by atoms with Crippen LogP contribution in [0.2, 0.25) is 0 Å². The number of aromatic amines is 1. The summed E-state index contributed by atoms with van der Waals surface area (Å²) >= 11 is 0. The summed E-state index contributed by atoms with van der Waals surface area (Å²) < 4.78 is 0. The van der Waals surface area contributed by atoms with Crippen LogP contribution >= 0.6 is 0 Å². The first-order valence-corrected chi connectivity index (χ1v) is 2.77. The van der Waals surface area contributed by atoms with Crippen molar-refractivity contribution in [2.75, 3.05) is 0 Å². The van der Waals surface area contributed by atoms with E-state index in [1.54, 1.807) is 0 Å². The lowest BCUT2D eigenvalue weighted by atomic mass is 10.6. The minimum atomic E-state index is -0.334. The van der Waals surface area contributed by atoms with Gasteiger partial charge in [-0.2, -0.15) is 0 Å². The molecule has 2 aromatic heterocycles. The Morgan fingerprint density at radius 3 is 3.00 bits per heavy atom. The molecule has 1 N–H and O–H groups in total. The zero-order valence-electron chi connectivity index (χ0n) is 5.22. The van der Waals surface area contributed by atoms with Gasteiger partial charge in [0, 0.05) is 0 Å². The number of aromatic nitrogens is 6. The lowest BCUT2D eigenvalue weighted by Crippen LogP contribution is -2.08. The van der Waals surface area contributed by atoms with Crippen molar-refractivity contribution >= 4 is 11.3 Å². The van der Waals surface area contributed by atoms with Crippen LogP contribution in [0.1, 0.15) is 0 Å². The fourth-order valence-electron chi connectivity index (χ4n) is 0.656. The molecule has 0 bridgehead atoms. The monoisotopic (exact) mass is 150 g/mol. The Hall–Kier alpha value is -1.92. The molecule has 7 heteroatoms. The third-order valence-corrected chi connectivity index (χ3v) is 1.08. The standard InChI is InChI=1S/C4H2N6O/c11-2-1-5-3-4(6-2)8-10-9-7-3/h1H,(H,6,8,9,11). The largest absolute Gasteiger partial charge is 0.301 e. The molecule has 0 spiro atoms. The highest BCUT2D eigenvalue weighted by Gasteiger charge is 1.96. The number of hydrogen-bond donors (Lipinski definition) is 1. The first kappa shape index (κ1) is 5.83. The summed E-state index contributed by atoms with van der Waals surface area (Å²) in [6.45, 7) is 0. The molecule has 0 aliphatic rings. The summed E-state index contributed by atoms with van der Waals surface area (Å²) in [5.74, 6) is 0. The Morgan fingerprint density at radius 1 is 1.27 bits per heavy atom. The van der Waals surface area contributed by atoms with E-state index in [1.807, 2.05) is 0 Å². The van der Waals surface area contributed by atoms with E-state index in [9.17, 15) is 4.79 Å². The number of fused-ring (bicyclic) bond motifs is 1. The Bertz CT molecular complexity index is 436. The van der Waals surface area contributed by atoms with Gasteiger partial charge in [0.2, 0.25) is 11.3 Å². The van der Waals surface area contributed by atoms with Gasteiger partial charge in [-0.15, -0.1) is 10.2 Å². The average molecular weight is 150 g/mol. The molecule has 0 saturated heterocycles. The molecular formula is C4H2N6O.